The first kappa shape index (κ1) is 18.8. The van der Waals surface area contributed by atoms with Crippen molar-refractivity contribution in [3.63, 3.8) is 0 Å². The van der Waals surface area contributed by atoms with Gasteiger partial charge in [0.1, 0.15) is 17.6 Å². The zero-order valence-electron chi connectivity index (χ0n) is 15.1. The fourth-order valence-corrected chi connectivity index (χ4v) is 2.50. The number of amides is 1. The molecule has 0 aliphatic heterocycles. The average molecular weight is 343 g/mol. The molecule has 2 aromatic rings. The normalized spacial score (nSPS) is 11.9. The van der Waals surface area contributed by atoms with Crippen LogP contribution in [0.1, 0.15) is 35.9 Å². The molecule has 0 saturated carbocycles. The van der Waals surface area contributed by atoms with Crippen molar-refractivity contribution in [3.05, 3.63) is 59.7 Å². The molecule has 1 N–H and O–H groups in total. The van der Waals surface area contributed by atoms with Crippen LogP contribution in [0.4, 0.5) is 0 Å². The van der Waals surface area contributed by atoms with E-state index in [0.717, 1.165) is 17.1 Å². The molecule has 0 heterocycles. The van der Waals surface area contributed by atoms with Gasteiger partial charge in [0.25, 0.3) is 5.91 Å². The van der Waals surface area contributed by atoms with E-state index in [1.807, 2.05) is 38.1 Å². The van der Waals surface area contributed by atoms with E-state index >= 15 is 0 Å². The lowest BCUT2D eigenvalue weighted by atomic mass is 10.1. The summed E-state index contributed by atoms with van der Waals surface area (Å²) in [6.07, 6.45) is -0.188. The molecule has 1 unspecified atom stereocenters. The quantitative estimate of drug-likeness (QED) is 0.796. The fraction of sp³-hybridized carbons (Fsp3) is 0.350. The monoisotopic (exact) mass is 343 g/mol. The Bertz CT molecular complexity index is 682. The summed E-state index contributed by atoms with van der Waals surface area (Å²) in [5, 5.41) is 2.90. The van der Waals surface area contributed by atoms with Crippen molar-refractivity contribution >= 4 is 5.91 Å². The summed E-state index contributed by atoms with van der Waals surface area (Å²) >= 11 is 0. The molecule has 5 heteroatoms. The van der Waals surface area contributed by atoms with Gasteiger partial charge < -0.3 is 19.5 Å². The van der Waals surface area contributed by atoms with Crippen LogP contribution in [0, 0.1) is 0 Å². The van der Waals surface area contributed by atoms with Crippen molar-refractivity contribution in [3.8, 4) is 11.5 Å². The van der Waals surface area contributed by atoms with Gasteiger partial charge in [0.05, 0.1) is 13.2 Å². The number of rotatable bonds is 8. The molecular formula is C20H25NO4. The molecule has 0 spiro atoms. The molecule has 1 amide bonds. The third-order valence-corrected chi connectivity index (χ3v) is 3.71. The SMILES string of the molecule is COc1ccccc1C(CNC(=O)c1ccc(OC(C)C)cc1)OC. The highest BCUT2D eigenvalue weighted by Gasteiger charge is 2.16. The molecule has 1 atom stereocenters. The van der Waals surface area contributed by atoms with Crippen LogP contribution in [0.5, 0.6) is 11.5 Å². The first-order chi connectivity index (χ1) is 12.0. The van der Waals surface area contributed by atoms with Crippen LogP contribution in [-0.2, 0) is 4.74 Å². The van der Waals surface area contributed by atoms with Crippen LogP contribution in [0.2, 0.25) is 0 Å². The number of benzene rings is 2. The van der Waals surface area contributed by atoms with E-state index in [-0.39, 0.29) is 18.1 Å². The predicted octanol–water partition coefficient (Wildman–Crippen LogP) is 3.60. The van der Waals surface area contributed by atoms with Crippen molar-refractivity contribution in [2.45, 2.75) is 26.1 Å². The van der Waals surface area contributed by atoms with Crippen LogP contribution in [0.15, 0.2) is 48.5 Å². The van der Waals surface area contributed by atoms with E-state index in [4.69, 9.17) is 14.2 Å². The van der Waals surface area contributed by atoms with Gasteiger partial charge in [0.2, 0.25) is 0 Å². The average Bonchev–Trinajstić information content (AvgIpc) is 2.62. The highest BCUT2D eigenvalue weighted by Crippen LogP contribution is 2.26. The molecule has 0 aliphatic carbocycles. The highest BCUT2D eigenvalue weighted by molar-refractivity contribution is 5.94. The second-order valence-electron chi connectivity index (χ2n) is 5.87. The van der Waals surface area contributed by atoms with Gasteiger partial charge in [0, 0.05) is 24.8 Å². The highest BCUT2D eigenvalue weighted by atomic mass is 16.5. The van der Waals surface area contributed by atoms with Gasteiger partial charge in [0.15, 0.2) is 0 Å². The Balaban J connectivity index is 2.00. The Morgan fingerprint density at radius 2 is 1.72 bits per heavy atom. The number of para-hydroxylation sites is 1. The van der Waals surface area contributed by atoms with E-state index < -0.39 is 0 Å². The minimum atomic E-state index is -0.288. The Hall–Kier alpha value is -2.53. The number of methoxy groups -OCH3 is 2. The number of hydrogen-bond acceptors (Lipinski definition) is 4. The molecule has 134 valence electrons. The Kier molecular flexibility index (Phi) is 6.83. The number of nitrogens with one attached hydrogen (secondary N) is 1. The van der Waals surface area contributed by atoms with Crippen molar-refractivity contribution in [1.82, 2.24) is 5.32 Å². The molecule has 2 aromatic carbocycles. The lowest BCUT2D eigenvalue weighted by Crippen LogP contribution is -2.29. The topological polar surface area (TPSA) is 56.8 Å². The molecule has 2 rings (SSSR count). The number of hydrogen-bond donors (Lipinski definition) is 1. The Morgan fingerprint density at radius 1 is 1.04 bits per heavy atom. The summed E-state index contributed by atoms with van der Waals surface area (Å²) in [6, 6.07) is 14.7. The van der Waals surface area contributed by atoms with Crippen molar-refractivity contribution in [2.75, 3.05) is 20.8 Å². The number of ether oxygens (including phenoxy) is 3. The van der Waals surface area contributed by atoms with Crippen LogP contribution >= 0.6 is 0 Å². The van der Waals surface area contributed by atoms with Gasteiger partial charge in [-0.2, -0.15) is 0 Å². The van der Waals surface area contributed by atoms with Crippen LogP contribution in [0.3, 0.4) is 0 Å². The van der Waals surface area contributed by atoms with Gasteiger partial charge in [-0.1, -0.05) is 18.2 Å². The third-order valence-electron chi connectivity index (χ3n) is 3.71. The van der Waals surface area contributed by atoms with Gasteiger partial charge >= 0.3 is 0 Å². The minimum absolute atomic E-state index is 0.1000. The van der Waals surface area contributed by atoms with Crippen molar-refractivity contribution < 1.29 is 19.0 Å². The van der Waals surface area contributed by atoms with E-state index in [0.29, 0.717) is 12.1 Å². The molecule has 0 saturated heterocycles. The summed E-state index contributed by atoms with van der Waals surface area (Å²) in [6.45, 7) is 4.27. The predicted molar refractivity (Wildman–Crippen MR) is 97.3 cm³/mol. The molecular weight excluding hydrogens is 318 g/mol. The van der Waals surface area contributed by atoms with Gasteiger partial charge in [-0.15, -0.1) is 0 Å². The lowest BCUT2D eigenvalue weighted by Gasteiger charge is -2.19. The zero-order valence-corrected chi connectivity index (χ0v) is 15.1. The molecule has 0 bridgehead atoms. The third kappa shape index (κ3) is 5.22. The van der Waals surface area contributed by atoms with Crippen molar-refractivity contribution in [2.24, 2.45) is 0 Å². The number of carbonyl (C=O) groups excluding carboxylic acids is 1. The summed E-state index contributed by atoms with van der Waals surface area (Å²) in [4.78, 5) is 12.3. The number of carbonyl (C=O) groups is 1. The van der Waals surface area contributed by atoms with Crippen LogP contribution in [-0.4, -0.2) is 32.8 Å². The Morgan fingerprint density at radius 3 is 2.32 bits per heavy atom. The standard InChI is InChI=1S/C20H25NO4/c1-14(2)25-16-11-9-15(10-12-16)20(22)21-13-19(24-4)17-7-5-6-8-18(17)23-3/h5-12,14,19H,13H2,1-4H3,(H,21,22). The molecule has 0 aromatic heterocycles. The largest absolute Gasteiger partial charge is 0.496 e. The van der Waals surface area contributed by atoms with Crippen LogP contribution in [0.25, 0.3) is 0 Å². The zero-order chi connectivity index (χ0) is 18.2. The first-order valence-corrected chi connectivity index (χ1v) is 8.25. The summed E-state index contributed by atoms with van der Waals surface area (Å²) in [5.74, 6) is 1.32. The van der Waals surface area contributed by atoms with Crippen LogP contribution < -0.4 is 14.8 Å². The smallest absolute Gasteiger partial charge is 0.251 e. The second-order valence-corrected chi connectivity index (χ2v) is 5.87. The molecule has 25 heavy (non-hydrogen) atoms. The second kappa shape index (κ2) is 9.08. The molecule has 0 aliphatic rings. The Labute approximate surface area is 148 Å². The summed E-state index contributed by atoms with van der Waals surface area (Å²) in [7, 11) is 3.23. The maximum Gasteiger partial charge on any atom is 0.251 e. The van der Waals surface area contributed by atoms with Gasteiger partial charge in [-0.25, -0.2) is 0 Å². The van der Waals surface area contributed by atoms with Gasteiger partial charge in [-0.3, -0.25) is 4.79 Å². The van der Waals surface area contributed by atoms with Gasteiger partial charge in [-0.05, 0) is 44.2 Å². The van der Waals surface area contributed by atoms with E-state index in [9.17, 15) is 4.79 Å². The van der Waals surface area contributed by atoms with E-state index in [1.165, 1.54) is 0 Å². The molecule has 0 radical (unpaired) electrons. The minimum Gasteiger partial charge on any atom is -0.496 e. The summed E-state index contributed by atoms with van der Waals surface area (Å²) < 4.78 is 16.5. The fourth-order valence-electron chi connectivity index (χ4n) is 2.50. The lowest BCUT2D eigenvalue weighted by molar-refractivity contribution is 0.0819. The maximum absolute atomic E-state index is 12.3. The van der Waals surface area contributed by atoms with E-state index in [2.05, 4.69) is 5.32 Å². The van der Waals surface area contributed by atoms with E-state index in [1.54, 1.807) is 38.5 Å². The maximum atomic E-state index is 12.3. The molecule has 0 fully saturated rings. The first-order valence-electron chi connectivity index (χ1n) is 8.25. The summed E-state index contributed by atoms with van der Waals surface area (Å²) in [5.41, 5.74) is 1.47. The van der Waals surface area contributed by atoms with Crippen molar-refractivity contribution in [1.29, 1.82) is 0 Å². The molecule has 5 nitrogen and oxygen atoms in total.